The molecule has 0 saturated heterocycles. The van der Waals surface area contributed by atoms with E-state index < -0.39 is 0 Å². The summed E-state index contributed by atoms with van der Waals surface area (Å²) in [6.45, 7) is 2.11. The summed E-state index contributed by atoms with van der Waals surface area (Å²) in [4.78, 5) is 26.0. The number of amides is 1. The number of methoxy groups -OCH3 is 1. The van der Waals surface area contributed by atoms with Gasteiger partial charge < -0.3 is 9.64 Å². The van der Waals surface area contributed by atoms with E-state index in [1.165, 1.54) is 7.11 Å². The molecular formula is C23H25N3O3. The Morgan fingerprint density at radius 1 is 1.14 bits per heavy atom. The highest BCUT2D eigenvalue weighted by molar-refractivity contribution is 5.94. The van der Waals surface area contributed by atoms with Gasteiger partial charge in [-0.25, -0.2) is 5.43 Å². The molecule has 0 bridgehead atoms. The Morgan fingerprint density at radius 2 is 1.83 bits per heavy atom. The predicted octanol–water partition coefficient (Wildman–Crippen LogP) is 3.65. The topological polar surface area (TPSA) is 71.0 Å². The average Bonchev–Trinajstić information content (AvgIpc) is 2.97. The number of likely N-dealkylation sites (N-methyl/N-ethyl adjacent to an activating group) is 1. The molecule has 1 N–H and O–H groups in total. The van der Waals surface area contributed by atoms with E-state index in [2.05, 4.69) is 34.5 Å². The maximum absolute atomic E-state index is 12.1. The van der Waals surface area contributed by atoms with Crippen LogP contribution in [0.4, 0.5) is 5.69 Å². The number of rotatable bonds is 6. The van der Waals surface area contributed by atoms with Crippen molar-refractivity contribution in [3.8, 4) is 0 Å². The van der Waals surface area contributed by atoms with Crippen LogP contribution in [-0.4, -0.2) is 32.2 Å². The molecule has 1 aliphatic heterocycles. The Labute approximate surface area is 170 Å². The first-order chi connectivity index (χ1) is 14.0. The van der Waals surface area contributed by atoms with Crippen LogP contribution in [0.2, 0.25) is 0 Å². The highest BCUT2D eigenvalue weighted by Crippen LogP contribution is 2.49. The molecule has 0 aromatic heterocycles. The summed E-state index contributed by atoms with van der Waals surface area (Å²) in [6.07, 6.45) is 4.38. The molecule has 1 atom stereocenters. The van der Waals surface area contributed by atoms with Crippen LogP contribution >= 0.6 is 0 Å². The molecule has 29 heavy (non-hydrogen) atoms. The normalized spacial score (nSPS) is 19.4. The number of esters is 1. The van der Waals surface area contributed by atoms with Crippen molar-refractivity contribution in [2.24, 2.45) is 5.10 Å². The number of benzene rings is 2. The maximum Gasteiger partial charge on any atom is 0.305 e. The summed E-state index contributed by atoms with van der Waals surface area (Å²) in [7, 11) is 3.39. The molecule has 0 spiro atoms. The Bertz CT molecular complexity index is 953. The summed E-state index contributed by atoms with van der Waals surface area (Å²) in [5.74, 6) is -0.502. The number of hydrogen-bond acceptors (Lipinski definition) is 5. The van der Waals surface area contributed by atoms with E-state index in [4.69, 9.17) is 4.74 Å². The number of carbonyl (C=O) groups is 2. The van der Waals surface area contributed by atoms with Crippen LogP contribution in [-0.2, 0) is 14.9 Å². The Kier molecular flexibility index (Phi) is 6.12. The van der Waals surface area contributed by atoms with E-state index >= 15 is 0 Å². The van der Waals surface area contributed by atoms with Crippen molar-refractivity contribution in [1.82, 2.24) is 5.43 Å². The third kappa shape index (κ3) is 4.21. The molecule has 1 heterocycles. The Morgan fingerprint density at radius 3 is 2.55 bits per heavy atom. The van der Waals surface area contributed by atoms with Crippen LogP contribution in [0.3, 0.4) is 0 Å². The van der Waals surface area contributed by atoms with Gasteiger partial charge in [-0.3, -0.25) is 9.59 Å². The third-order valence-electron chi connectivity index (χ3n) is 5.35. The van der Waals surface area contributed by atoms with Gasteiger partial charge in [-0.2, -0.15) is 5.10 Å². The molecule has 2 aromatic carbocycles. The van der Waals surface area contributed by atoms with Gasteiger partial charge in [0.1, 0.15) is 0 Å². The van der Waals surface area contributed by atoms with Gasteiger partial charge in [-0.15, -0.1) is 0 Å². The largest absolute Gasteiger partial charge is 0.469 e. The zero-order valence-electron chi connectivity index (χ0n) is 16.9. The SMILES string of the molecule is COC(=O)CCC1(C)/C(=C/C=N/NC(=O)c2ccccc2)N(C)c2ccccc21. The van der Waals surface area contributed by atoms with Crippen molar-refractivity contribution >= 4 is 23.8 Å². The number of anilines is 1. The lowest BCUT2D eigenvalue weighted by molar-refractivity contribution is -0.140. The second kappa shape index (κ2) is 8.73. The molecule has 3 rings (SSSR count). The van der Waals surface area contributed by atoms with E-state index in [9.17, 15) is 9.59 Å². The fourth-order valence-corrected chi connectivity index (χ4v) is 3.74. The lowest BCUT2D eigenvalue weighted by atomic mass is 9.77. The van der Waals surface area contributed by atoms with Gasteiger partial charge >= 0.3 is 5.97 Å². The molecule has 6 nitrogen and oxygen atoms in total. The van der Waals surface area contributed by atoms with Gasteiger partial charge in [0, 0.05) is 42.0 Å². The number of allylic oxidation sites excluding steroid dienone is 2. The Hall–Kier alpha value is -3.41. The number of carbonyl (C=O) groups excluding carboxylic acids is 2. The summed E-state index contributed by atoms with van der Waals surface area (Å²) in [6, 6.07) is 17.1. The first kappa shape index (κ1) is 20.3. The second-order valence-electron chi connectivity index (χ2n) is 7.12. The van der Waals surface area contributed by atoms with Gasteiger partial charge in [0.2, 0.25) is 0 Å². The van der Waals surface area contributed by atoms with Crippen molar-refractivity contribution in [3.63, 3.8) is 0 Å². The lowest BCUT2D eigenvalue weighted by Gasteiger charge is -2.28. The monoisotopic (exact) mass is 391 g/mol. The number of hydrazone groups is 1. The molecule has 150 valence electrons. The molecule has 0 fully saturated rings. The van der Waals surface area contributed by atoms with Crippen molar-refractivity contribution in [2.75, 3.05) is 19.1 Å². The summed E-state index contributed by atoms with van der Waals surface area (Å²) in [5, 5.41) is 4.07. The zero-order valence-corrected chi connectivity index (χ0v) is 16.9. The predicted molar refractivity (Wildman–Crippen MR) is 114 cm³/mol. The number of para-hydroxylation sites is 1. The van der Waals surface area contributed by atoms with E-state index in [-0.39, 0.29) is 17.3 Å². The zero-order chi connectivity index (χ0) is 20.9. The smallest absolute Gasteiger partial charge is 0.305 e. The van der Waals surface area contributed by atoms with Gasteiger partial charge in [0.15, 0.2) is 0 Å². The minimum absolute atomic E-state index is 0.235. The highest BCUT2D eigenvalue weighted by Gasteiger charge is 2.41. The molecule has 0 aliphatic carbocycles. The Balaban J connectivity index is 1.81. The highest BCUT2D eigenvalue weighted by atomic mass is 16.5. The van der Waals surface area contributed by atoms with Gasteiger partial charge in [-0.1, -0.05) is 36.4 Å². The number of nitrogens with one attached hydrogen (secondary N) is 1. The van der Waals surface area contributed by atoms with Crippen molar-refractivity contribution in [2.45, 2.75) is 25.2 Å². The van der Waals surface area contributed by atoms with Gasteiger partial charge in [0.25, 0.3) is 5.91 Å². The lowest BCUT2D eigenvalue weighted by Crippen LogP contribution is -2.27. The van der Waals surface area contributed by atoms with E-state index in [0.717, 1.165) is 16.9 Å². The van der Waals surface area contributed by atoms with E-state index in [0.29, 0.717) is 18.4 Å². The van der Waals surface area contributed by atoms with Crippen LogP contribution in [0.25, 0.3) is 0 Å². The fourth-order valence-electron chi connectivity index (χ4n) is 3.74. The number of ether oxygens (including phenoxy) is 1. The van der Waals surface area contributed by atoms with Gasteiger partial charge in [0.05, 0.1) is 7.11 Å². The quantitative estimate of drug-likeness (QED) is 0.464. The third-order valence-corrected chi connectivity index (χ3v) is 5.35. The number of nitrogens with zero attached hydrogens (tertiary/aromatic N) is 2. The minimum atomic E-state index is -0.366. The molecule has 1 amide bonds. The second-order valence-corrected chi connectivity index (χ2v) is 7.12. The van der Waals surface area contributed by atoms with E-state index in [1.807, 2.05) is 31.3 Å². The number of hydrogen-bond donors (Lipinski definition) is 1. The van der Waals surface area contributed by atoms with Crippen molar-refractivity contribution in [1.29, 1.82) is 0 Å². The van der Waals surface area contributed by atoms with Crippen LogP contribution in [0, 0.1) is 0 Å². The minimum Gasteiger partial charge on any atom is -0.469 e. The van der Waals surface area contributed by atoms with Crippen LogP contribution < -0.4 is 10.3 Å². The number of fused-ring (bicyclic) bond motifs is 1. The summed E-state index contributed by atoms with van der Waals surface area (Å²) < 4.78 is 4.83. The van der Waals surface area contributed by atoms with Crippen molar-refractivity contribution < 1.29 is 14.3 Å². The molecule has 6 heteroatoms. The van der Waals surface area contributed by atoms with Crippen LogP contribution in [0.1, 0.15) is 35.7 Å². The molecule has 1 aliphatic rings. The van der Waals surface area contributed by atoms with Crippen molar-refractivity contribution in [3.05, 3.63) is 77.5 Å². The van der Waals surface area contributed by atoms with Crippen LogP contribution in [0.15, 0.2) is 71.5 Å². The maximum atomic E-state index is 12.1. The molecule has 1 unspecified atom stereocenters. The molecule has 0 radical (unpaired) electrons. The fraction of sp³-hybridized carbons (Fsp3) is 0.261. The summed E-state index contributed by atoms with van der Waals surface area (Å²) >= 11 is 0. The first-order valence-corrected chi connectivity index (χ1v) is 9.46. The van der Waals surface area contributed by atoms with Gasteiger partial charge in [-0.05, 0) is 43.2 Å². The standard InChI is InChI=1S/C23H25N3O3/c1-23(15-13-21(27)29-3)18-11-7-8-12-19(18)26(2)20(23)14-16-24-25-22(28)17-9-5-4-6-10-17/h4-12,14,16H,13,15H2,1-3H3,(H,25,28)/b20-14-,24-16+. The molecular weight excluding hydrogens is 366 g/mol. The summed E-state index contributed by atoms with van der Waals surface area (Å²) in [5.41, 5.74) is 5.96. The van der Waals surface area contributed by atoms with Crippen LogP contribution in [0.5, 0.6) is 0 Å². The molecule has 0 saturated carbocycles. The average molecular weight is 391 g/mol. The van der Waals surface area contributed by atoms with E-state index in [1.54, 1.807) is 30.5 Å². The first-order valence-electron chi connectivity index (χ1n) is 9.46. The molecule has 2 aromatic rings.